The summed E-state index contributed by atoms with van der Waals surface area (Å²) in [7, 11) is 0. The summed E-state index contributed by atoms with van der Waals surface area (Å²) < 4.78 is 18.6. The van der Waals surface area contributed by atoms with E-state index in [0.717, 1.165) is 12.1 Å². The van der Waals surface area contributed by atoms with E-state index in [1.54, 1.807) is 0 Å². The number of para-hydroxylation sites is 1. The van der Waals surface area contributed by atoms with Gasteiger partial charge in [0, 0.05) is 18.3 Å². The predicted molar refractivity (Wildman–Crippen MR) is 63.3 cm³/mol. The minimum atomic E-state index is -0.845. The lowest BCUT2D eigenvalue weighted by Crippen LogP contribution is -1.97. The first-order chi connectivity index (χ1) is 9.11. The third-order valence-electron chi connectivity index (χ3n) is 2.33. The van der Waals surface area contributed by atoms with E-state index in [0.29, 0.717) is 5.56 Å². The normalized spacial score (nSPS) is 10.2. The van der Waals surface area contributed by atoms with Crippen molar-refractivity contribution in [2.45, 2.75) is 6.61 Å². The summed E-state index contributed by atoms with van der Waals surface area (Å²) in [4.78, 5) is 13.8. The number of pyridine rings is 1. The van der Waals surface area contributed by atoms with Gasteiger partial charge in [-0.25, -0.2) is 9.37 Å². The lowest BCUT2D eigenvalue weighted by Gasteiger charge is -2.06. The van der Waals surface area contributed by atoms with Crippen LogP contribution in [0.4, 0.5) is 10.1 Å². The molecule has 1 aromatic heterocycles. The van der Waals surface area contributed by atoms with E-state index >= 15 is 0 Å². The highest BCUT2D eigenvalue weighted by Gasteiger charge is 2.20. The number of ether oxygens (including phenoxy) is 1. The molecule has 0 spiro atoms. The standard InChI is InChI=1S/C12H9FN2O4/c13-9-2-1-3-10(15(17)18)12(9)19-11-5-4-8(7-16)6-14-11/h1-6,16H,7H2. The molecule has 6 nitrogen and oxygen atoms in total. The van der Waals surface area contributed by atoms with Crippen molar-refractivity contribution in [2.24, 2.45) is 0 Å². The number of hydrogen-bond acceptors (Lipinski definition) is 5. The molecule has 0 saturated carbocycles. The van der Waals surface area contributed by atoms with Crippen molar-refractivity contribution in [3.8, 4) is 11.6 Å². The van der Waals surface area contributed by atoms with Crippen molar-refractivity contribution < 1.29 is 19.2 Å². The number of hydrogen-bond donors (Lipinski definition) is 1. The third kappa shape index (κ3) is 2.83. The summed E-state index contributed by atoms with van der Waals surface area (Å²) in [6.45, 7) is -0.187. The van der Waals surface area contributed by atoms with Gasteiger partial charge in [0.15, 0.2) is 5.82 Å². The van der Waals surface area contributed by atoms with Gasteiger partial charge in [0.05, 0.1) is 11.5 Å². The Hall–Kier alpha value is -2.54. The number of nitro benzene ring substituents is 1. The fourth-order valence-corrected chi connectivity index (χ4v) is 1.41. The number of aromatic nitrogens is 1. The van der Waals surface area contributed by atoms with Gasteiger partial charge in [-0.3, -0.25) is 10.1 Å². The average molecular weight is 264 g/mol. The van der Waals surface area contributed by atoms with E-state index < -0.39 is 22.2 Å². The minimum absolute atomic E-state index is 0.00500. The zero-order valence-electron chi connectivity index (χ0n) is 9.62. The van der Waals surface area contributed by atoms with Crippen LogP contribution in [0.25, 0.3) is 0 Å². The van der Waals surface area contributed by atoms with E-state index in [1.165, 1.54) is 24.4 Å². The van der Waals surface area contributed by atoms with Crippen LogP contribution in [0.5, 0.6) is 11.6 Å². The molecule has 0 aliphatic carbocycles. The van der Waals surface area contributed by atoms with Crippen LogP contribution in [0.2, 0.25) is 0 Å². The summed E-state index contributed by atoms with van der Waals surface area (Å²) >= 11 is 0. The van der Waals surface area contributed by atoms with Gasteiger partial charge in [0.1, 0.15) is 0 Å². The lowest BCUT2D eigenvalue weighted by molar-refractivity contribution is -0.385. The Balaban J connectivity index is 2.34. The third-order valence-corrected chi connectivity index (χ3v) is 2.33. The molecule has 0 amide bonds. The first-order valence-corrected chi connectivity index (χ1v) is 5.28. The molecule has 98 valence electrons. The SMILES string of the molecule is O=[N+]([O-])c1cccc(F)c1Oc1ccc(CO)cn1. The summed E-state index contributed by atoms with van der Waals surface area (Å²) in [6, 6.07) is 6.34. The van der Waals surface area contributed by atoms with Crippen molar-refractivity contribution in [2.75, 3.05) is 0 Å². The Labute approximate surface area is 107 Å². The Bertz CT molecular complexity index is 601. The van der Waals surface area contributed by atoms with Crippen molar-refractivity contribution in [3.63, 3.8) is 0 Å². The topological polar surface area (TPSA) is 85.5 Å². The molecular weight excluding hydrogens is 255 g/mol. The minimum Gasteiger partial charge on any atom is -0.429 e. The molecule has 2 aromatic rings. The number of aliphatic hydroxyl groups is 1. The molecule has 1 aromatic carbocycles. The maximum absolute atomic E-state index is 13.5. The molecule has 0 aliphatic heterocycles. The van der Waals surface area contributed by atoms with Crippen LogP contribution < -0.4 is 4.74 Å². The van der Waals surface area contributed by atoms with Crippen LogP contribution in [-0.2, 0) is 6.61 Å². The van der Waals surface area contributed by atoms with E-state index in [9.17, 15) is 14.5 Å². The Kier molecular flexibility index (Phi) is 3.67. The van der Waals surface area contributed by atoms with Crippen LogP contribution >= 0.6 is 0 Å². The number of aliphatic hydroxyl groups excluding tert-OH is 1. The molecule has 19 heavy (non-hydrogen) atoms. The highest BCUT2D eigenvalue weighted by molar-refractivity contribution is 5.48. The second-order valence-corrected chi connectivity index (χ2v) is 3.61. The second kappa shape index (κ2) is 5.40. The fraction of sp³-hybridized carbons (Fsp3) is 0.0833. The van der Waals surface area contributed by atoms with Gasteiger partial charge in [-0.1, -0.05) is 6.07 Å². The van der Waals surface area contributed by atoms with Crippen LogP contribution in [0.1, 0.15) is 5.56 Å². The lowest BCUT2D eigenvalue weighted by atomic mass is 10.3. The Morgan fingerprint density at radius 2 is 2.16 bits per heavy atom. The molecule has 0 atom stereocenters. The molecule has 7 heteroatoms. The van der Waals surface area contributed by atoms with E-state index in [1.807, 2.05) is 0 Å². The summed E-state index contributed by atoms with van der Waals surface area (Å²) in [5, 5.41) is 19.6. The zero-order valence-corrected chi connectivity index (χ0v) is 9.62. The van der Waals surface area contributed by atoms with Crippen molar-refractivity contribution in [1.29, 1.82) is 0 Å². The quantitative estimate of drug-likeness (QED) is 0.677. The van der Waals surface area contributed by atoms with E-state index in [2.05, 4.69) is 4.98 Å². The maximum Gasteiger partial charge on any atom is 0.314 e. The van der Waals surface area contributed by atoms with Gasteiger partial charge < -0.3 is 9.84 Å². The van der Waals surface area contributed by atoms with Gasteiger partial charge in [0.25, 0.3) is 0 Å². The fourth-order valence-electron chi connectivity index (χ4n) is 1.41. The number of rotatable bonds is 4. The number of benzene rings is 1. The number of nitrogens with zero attached hydrogens (tertiary/aromatic N) is 2. The van der Waals surface area contributed by atoms with Crippen LogP contribution in [0, 0.1) is 15.9 Å². The van der Waals surface area contributed by atoms with Gasteiger partial charge in [-0.2, -0.15) is 0 Å². The first kappa shape index (κ1) is 12.9. The summed E-state index contributed by atoms with van der Waals surface area (Å²) in [5.74, 6) is -1.33. The highest BCUT2D eigenvalue weighted by Crippen LogP contribution is 2.32. The summed E-state index contributed by atoms with van der Waals surface area (Å²) in [6.07, 6.45) is 1.34. The van der Waals surface area contributed by atoms with Gasteiger partial charge >= 0.3 is 5.69 Å². The van der Waals surface area contributed by atoms with Crippen molar-refractivity contribution in [3.05, 3.63) is 58.0 Å². The van der Waals surface area contributed by atoms with Crippen molar-refractivity contribution in [1.82, 2.24) is 4.98 Å². The molecule has 0 saturated heterocycles. The molecule has 0 radical (unpaired) electrons. The van der Waals surface area contributed by atoms with Crippen LogP contribution in [0.15, 0.2) is 36.5 Å². The molecule has 0 aliphatic rings. The molecular formula is C12H9FN2O4. The Morgan fingerprint density at radius 3 is 2.74 bits per heavy atom. The predicted octanol–water partition coefficient (Wildman–Crippen LogP) is 2.41. The smallest absolute Gasteiger partial charge is 0.314 e. The van der Waals surface area contributed by atoms with Crippen LogP contribution in [0.3, 0.4) is 0 Å². The van der Waals surface area contributed by atoms with Crippen molar-refractivity contribution >= 4 is 5.69 Å². The molecule has 2 rings (SSSR count). The average Bonchev–Trinajstić information content (AvgIpc) is 2.41. The zero-order chi connectivity index (χ0) is 13.8. The molecule has 1 heterocycles. The molecule has 1 N–H and O–H groups in total. The summed E-state index contributed by atoms with van der Waals surface area (Å²) in [5.41, 5.74) is 0.0726. The highest BCUT2D eigenvalue weighted by atomic mass is 19.1. The van der Waals surface area contributed by atoms with E-state index in [-0.39, 0.29) is 12.5 Å². The largest absolute Gasteiger partial charge is 0.429 e. The monoisotopic (exact) mass is 264 g/mol. The number of halogens is 1. The first-order valence-electron chi connectivity index (χ1n) is 5.28. The molecule has 0 bridgehead atoms. The molecule has 0 fully saturated rings. The van der Waals surface area contributed by atoms with Gasteiger partial charge in [0.2, 0.25) is 11.6 Å². The number of nitro groups is 1. The maximum atomic E-state index is 13.5. The van der Waals surface area contributed by atoms with Gasteiger partial charge in [-0.15, -0.1) is 0 Å². The Morgan fingerprint density at radius 1 is 1.37 bits per heavy atom. The van der Waals surface area contributed by atoms with E-state index in [4.69, 9.17) is 9.84 Å². The molecule has 0 unspecified atom stereocenters. The van der Waals surface area contributed by atoms with Gasteiger partial charge in [-0.05, 0) is 17.7 Å². The van der Waals surface area contributed by atoms with Crippen LogP contribution in [-0.4, -0.2) is 15.0 Å². The second-order valence-electron chi connectivity index (χ2n) is 3.61.